The Morgan fingerprint density at radius 1 is 1.17 bits per heavy atom. The minimum atomic E-state index is -0.649. The quantitative estimate of drug-likeness (QED) is 0.764. The number of carbonyl (C=O) groups is 1. The molecule has 18 heavy (non-hydrogen) atoms. The van der Waals surface area contributed by atoms with Crippen molar-refractivity contribution in [2.24, 2.45) is 11.8 Å². The second kappa shape index (κ2) is 5.29. The second-order valence-electron chi connectivity index (χ2n) is 5.87. The Morgan fingerprint density at radius 2 is 1.94 bits per heavy atom. The minimum absolute atomic E-state index is 0.0323. The number of rotatable bonds is 2. The molecule has 0 aromatic heterocycles. The third-order valence-electron chi connectivity index (χ3n) is 4.76. The van der Waals surface area contributed by atoms with E-state index in [2.05, 4.69) is 10.6 Å². The largest absolute Gasteiger partial charge is 0.352 e. The lowest BCUT2D eigenvalue weighted by Gasteiger charge is -2.25. The first kappa shape index (κ1) is 12.6. The van der Waals surface area contributed by atoms with E-state index >= 15 is 0 Å². The third kappa shape index (κ3) is 2.48. The molecule has 0 radical (unpaired) electrons. The van der Waals surface area contributed by atoms with Gasteiger partial charge in [-0.1, -0.05) is 6.42 Å². The predicted octanol–water partition coefficient (Wildman–Crippen LogP) is 0.402. The Labute approximate surface area is 111 Å². The highest BCUT2D eigenvalue weighted by Gasteiger charge is 2.42. The van der Waals surface area contributed by atoms with Crippen LogP contribution in [0.4, 0.5) is 0 Å². The Kier molecular flexibility index (Phi) is 3.71. The van der Waals surface area contributed by atoms with Gasteiger partial charge >= 0.3 is 0 Å². The Hall–Kier alpha value is -0.420. The van der Waals surface area contributed by atoms with Crippen molar-refractivity contribution in [3.8, 4) is 0 Å². The zero-order chi connectivity index (χ0) is 12.5. The molecule has 0 spiro atoms. The molecule has 5 heteroatoms. The summed E-state index contributed by atoms with van der Waals surface area (Å²) in [6.07, 6.45) is 5.51. The molecule has 3 fully saturated rings. The van der Waals surface area contributed by atoms with E-state index in [-0.39, 0.29) is 18.0 Å². The van der Waals surface area contributed by atoms with Gasteiger partial charge in [-0.2, -0.15) is 0 Å². The van der Waals surface area contributed by atoms with Gasteiger partial charge in [-0.25, -0.2) is 0 Å². The lowest BCUT2D eigenvalue weighted by atomic mass is 9.93. The summed E-state index contributed by atoms with van der Waals surface area (Å²) in [5.74, 6) is 2.95. The highest BCUT2D eigenvalue weighted by atomic mass is 32.2. The van der Waals surface area contributed by atoms with Gasteiger partial charge in [0.1, 0.15) is 0 Å². The lowest BCUT2D eigenvalue weighted by molar-refractivity contribution is -0.124. The highest BCUT2D eigenvalue weighted by Crippen LogP contribution is 2.37. The molecule has 1 saturated carbocycles. The Bertz CT molecular complexity index is 351. The minimum Gasteiger partial charge on any atom is -0.352 e. The van der Waals surface area contributed by atoms with Crippen LogP contribution in [-0.4, -0.2) is 40.3 Å². The fourth-order valence-electron chi connectivity index (χ4n) is 3.70. The summed E-state index contributed by atoms with van der Waals surface area (Å²) in [6.45, 7) is 1.01. The van der Waals surface area contributed by atoms with Crippen LogP contribution in [0.5, 0.6) is 0 Å². The summed E-state index contributed by atoms with van der Waals surface area (Å²) in [4.78, 5) is 12.3. The first-order chi connectivity index (χ1) is 8.74. The summed E-state index contributed by atoms with van der Waals surface area (Å²) in [5.41, 5.74) is 0. The van der Waals surface area contributed by atoms with E-state index in [0.717, 1.165) is 36.8 Å². The molecule has 1 aliphatic carbocycles. The Balaban J connectivity index is 1.53. The van der Waals surface area contributed by atoms with Crippen molar-refractivity contribution in [1.29, 1.82) is 0 Å². The summed E-state index contributed by atoms with van der Waals surface area (Å²) >= 11 is 0. The molecule has 0 aromatic carbocycles. The van der Waals surface area contributed by atoms with Crippen molar-refractivity contribution in [2.75, 3.05) is 18.1 Å². The molecule has 0 aromatic rings. The predicted molar refractivity (Wildman–Crippen MR) is 71.7 cm³/mol. The van der Waals surface area contributed by atoms with Gasteiger partial charge in [0.15, 0.2) is 0 Å². The summed E-state index contributed by atoms with van der Waals surface area (Å²) in [6, 6.07) is 0.280. The van der Waals surface area contributed by atoms with Crippen molar-refractivity contribution in [3.63, 3.8) is 0 Å². The zero-order valence-electron chi connectivity index (χ0n) is 10.7. The molecule has 3 unspecified atom stereocenters. The summed E-state index contributed by atoms with van der Waals surface area (Å²) in [5, 5.41) is 6.54. The van der Waals surface area contributed by atoms with E-state index < -0.39 is 10.8 Å². The normalized spacial score (nSPS) is 43.7. The molecular weight excluding hydrogens is 248 g/mol. The fraction of sp³-hybridized carbons (Fsp3) is 0.923. The molecule has 3 rings (SSSR count). The average molecular weight is 270 g/mol. The maximum absolute atomic E-state index is 12.3. The molecule has 4 nitrogen and oxygen atoms in total. The van der Waals surface area contributed by atoms with E-state index in [1.165, 1.54) is 19.3 Å². The number of fused-ring (bicyclic) bond motifs is 1. The van der Waals surface area contributed by atoms with Crippen LogP contribution in [-0.2, 0) is 15.6 Å². The number of amides is 1. The standard InChI is InChI=1S/C13H22N2O2S/c16-13(15-10-4-6-18(17)7-5-10)12-11-3-1-2-9(11)8-14-12/h9-12,14H,1-8H2,(H,15,16). The number of nitrogens with one attached hydrogen (secondary N) is 2. The van der Waals surface area contributed by atoms with Crippen LogP contribution >= 0.6 is 0 Å². The molecule has 2 heterocycles. The van der Waals surface area contributed by atoms with Gasteiger partial charge in [0, 0.05) is 28.3 Å². The highest BCUT2D eigenvalue weighted by molar-refractivity contribution is 7.85. The average Bonchev–Trinajstić information content (AvgIpc) is 2.93. The van der Waals surface area contributed by atoms with E-state index in [0.29, 0.717) is 5.92 Å². The molecular formula is C13H22N2O2S. The van der Waals surface area contributed by atoms with Crippen molar-refractivity contribution >= 4 is 16.7 Å². The van der Waals surface area contributed by atoms with Gasteiger partial charge < -0.3 is 10.6 Å². The SMILES string of the molecule is O=C(NC1CCS(=O)CC1)C1NCC2CCCC21. The van der Waals surface area contributed by atoms with Crippen LogP contribution in [0.1, 0.15) is 32.1 Å². The van der Waals surface area contributed by atoms with E-state index in [1.807, 2.05) is 0 Å². The summed E-state index contributed by atoms with van der Waals surface area (Å²) < 4.78 is 11.3. The fourth-order valence-corrected chi connectivity index (χ4v) is 5.00. The maximum Gasteiger partial charge on any atom is 0.237 e. The smallest absolute Gasteiger partial charge is 0.237 e. The van der Waals surface area contributed by atoms with Crippen molar-refractivity contribution in [3.05, 3.63) is 0 Å². The van der Waals surface area contributed by atoms with Crippen LogP contribution in [0.2, 0.25) is 0 Å². The first-order valence-corrected chi connectivity index (χ1v) is 8.61. The van der Waals surface area contributed by atoms with Crippen molar-refractivity contribution < 1.29 is 9.00 Å². The molecule has 3 aliphatic rings. The van der Waals surface area contributed by atoms with Crippen LogP contribution in [0.15, 0.2) is 0 Å². The maximum atomic E-state index is 12.3. The monoisotopic (exact) mass is 270 g/mol. The van der Waals surface area contributed by atoms with Crippen LogP contribution in [0.25, 0.3) is 0 Å². The number of hydrogen-bond donors (Lipinski definition) is 2. The van der Waals surface area contributed by atoms with E-state index in [1.54, 1.807) is 0 Å². The molecule has 1 amide bonds. The molecule has 2 saturated heterocycles. The van der Waals surface area contributed by atoms with Gasteiger partial charge in [-0.3, -0.25) is 9.00 Å². The summed E-state index contributed by atoms with van der Waals surface area (Å²) in [7, 11) is -0.649. The van der Waals surface area contributed by atoms with Crippen LogP contribution in [0, 0.1) is 11.8 Å². The van der Waals surface area contributed by atoms with Gasteiger partial charge in [-0.15, -0.1) is 0 Å². The molecule has 0 bridgehead atoms. The van der Waals surface area contributed by atoms with Crippen LogP contribution < -0.4 is 10.6 Å². The van der Waals surface area contributed by atoms with Crippen molar-refractivity contribution in [1.82, 2.24) is 10.6 Å². The van der Waals surface area contributed by atoms with E-state index in [9.17, 15) is 9.00 Å². The molecule has 102 valence electrons. The van der Waals surface area contributed by atoms with Gasteiger partial charge in [-0.05, 0) is 44.1 Å². The third-order valence-corrected chi connectivity index (χ3v) is 6.14. The number of carbonyl (C=O) groups excluding carboxylic acids is 1. The second-order valence-corrected chi connectivity index (χ2v) is 7.57. The van der Waals surface area contributed by atoms with Crippen LogP contribution in [0.3, 0.4) is 0 Å². The van der Waals surface area contributed by atoms with E-state index in [4.69, 9.17) is 0 Å². The topological polar surface area (TPSA) is 58.2 Å². The first-order valence-electron chi connectivity index (χ1n) is 7.13. The Morgan fingerprint density at radius 3 is 2.72 bits per heavy atom. The number of hydrogen-bond acceptors (Lipinski definition) is 3. The molecule has 3 atom stereocenters. The van der Waals surface area contributed by atoms with Crippen molar-refractivity contribution in [2.45, 2.75) is 44.2 Å². The molecule has 2 aliphatic heterocycles. The lowest BCUT2D eigenvalue weighted by Crippen LogP contribution is -2.49. The van der Waals surface area contributed by atoms with Gasteiger partial charge in [0.05, 0.1) is 6.04 Å². The zero-order valence-corrected chi connectivity index (χ0v) is 11.5. The van der Waals surface area contributed by atoms with Gasteiger partial charge in [0.25, 0.3) is 0 Å². The van der Waals surface area contributed by atoms with Gasteiger partial charge in [0.2, 0.25) is 5.91 Å². The molecule has 2 N–H and O–H groups in total.